The van der Waals surface area contributed by atoms with Crippen LogP contribution in [0.4, 0.5) is 18.9 Å². The maximum absolute atomic E-state index is 12.4. The molecule has 0 aliphatic rings. The van der Waals surface area contributed by atoms with Gasteiger partial charge in [-0.2, -0.15) is 13.2 Å². The van der Waals surface area contributed by atoms with E-state index in [1.54, 1.807) is 0 Å². The van der Waals surface area contributed by atoms with Crippen molar-refractivity contribution in [3.8, 4) is 0 Å². The van der Waals surface area contributed by atoms with Gasteiger partial charge in [0.1, 0.15) is 0 Å². The van der Waals surface area contributed by atoms with Crippen LogP contribution < -0.4 is 0 Å². The summed E-state index contributed by atoms with van der Waals surface area (Å²) in [5.41, 5.74) is -2.60. The molecule has 0 fully saturated rings. The van der Waals surface area contributed by atoms with Gasteiger partial charge >= 0.3 is 6.18 Å². The first-order chi connectivity index (χ1) is 7.94. The van der Waals surface area contributed by atoms with Gasteiger partial charge in [0.15, 0.2) is 4.90 Å². The molecule has 0 bridgehead atoms. The van der Waals surface area contributed by atoms with Crippen LogP contribution in [0.5, 0.6) is 0 Å². The largest absolute Gasteiger partial charge is 0.416 e. The minimum Gasteiger partial charge on any atom is -0.258 e. The summed E-state index contributed by atoms with van der Waals surface area (Å²) in [6.45, 7) is 0. The second kappa shape index (κ2) is 4.67. The molecule has 0 saturated carbocycles. The fourth-order valence-corrected chi connectivity index (χ4v) is 3.65. The number of alkyl halides is 3. The summed E-state index contributed by atoms with van der Waals surface area (Å²) in [6.07, 6.45) is -4.85. The first kappa shape index (κ1) is 15.2. The Kier molecular flexibility index (Phi) is 3.94. The Morgan fingerprint density at radius 3 is 2.17 bits per heavy atom. The summed E-state index contributed by atoms with van der Waals surface area (Å²) >= 11 is 2.53. The predicted octanol–water partition coefficient (Wildman–Crippen LogP) is 3.30. The average Bonchev–Trinajstić information content (AvgIpc) is 2.12. The molecule has 5 nitrogen and oxygen atoms in total. The Morgan fingerprint density at radius 1 is 1.33 bits per heavy atom. The maximum Gasteiger partial charge on any atom is 0.416 e. The van der Waals surface area contributed by atoms with E-state index in [0.29, 0.717) is 6.07 Å². The molecule has 0 aromatic heterocycles. The highest BCUT2D eigenvalue weighted by molar-refractivity contribution is 9.10. The molecule has 11 heteroatoms. The number of hydrogen-bond donors (Lipinski definition) is 0. The molecular formula is C7H2BrClF3NO4S. The van der Waals surface area contributed by atoms with Gasteiger partial charge in [0.2, 0.25) is 0 Å². The first-order valence-electron chi connectivity index (χ1n) is 3.94. The molecule has 0 atom stereocenters. The van der Waals surface area contributed by atoms with E-state index >= 15 is 0 Å². The number of nitro benzene ring substituents is 1. The van der Waals surface area contributed by atoms with E-state index in [4.69, 9.17) is 10.7 Å². The van der Waals surface area contributed by atoms with Crippen LogP contribution in [0.15, 0.2) is 21.5 Å². The van der Waals surface area contributed by atoms with Crippen molar-refractivity contribution < 1.29 is 26.5 Å². The molecule has 0 heterocycles. The van der Waals surface area contributed by atoms with Gasteiger partial charge in [-0.05, 0) is 22.0 Å². The average molecular weight is 369 g/mol. The summed E-state index contributed by atoms with van der Waals surface area (Å²) in [6, 6.07) is 0.516. The smallest absolute Gasteiger partial charge is 0.258 e. The summed E-state index contributed by atoms with van der Waals surface area (Å²) in [5.74, 6) is 0. The lowest BCUT2D eigenvalue weighted by Gasteiger charge is -2.09. The Labute approximate surface area is 111 Å². The molecule has 1 aromatic carbocycles. The van der Waals surface area contributed by atoms with Crippen LogP contribution in [0.25, 0.3) is 0 Å². The standard InChI is InChI=1S/C7H2BrClF3NO4S/c8-4-1-3(7(10,11)12)2-5(13(14)15)6(4)18(9,16)17/h1-2H. The van der Waals surface area contributed by atoms with Gasteiger partial charge in [-0.1, -0.05) is 0 Å². The van der Waals surface area contributed by atoms with Crippen LogP contribution in [0.3, 0.4) is 0 Å². The quantitative estimate of drug-likeness (QED) is 0.456. The second-order valence-corrected chi connectivity index (χ2v) is 6.36. The van der Waals surface area contributed by atoms with E-state index in [9.17, 15) is 31.7 Å². The van der Waals surface area contributed by atoms with Gasteiger partial charge in [0.05, 0.1) is 10.5 Å². The van der Waals surface area contributed by atoms with Gasteiger partial charge in [0.25, 0.3) is 14.7 Å². The molecule has 18 heavy (non-hydrogen) atoms. The molecule has 0 aliphatic carbocycles. The van der Waals surface area contributed by atoms with Crippen LogP contribution in [-0.2, 0) is 15.2 Å². The third-order valence-corrected chi connectivity index (χ3v) is 4.06. The summed E-state index contributed by atoms with van der Waals surface area (Å²) in [7, 11) is 0.381. The molecule has 1 aromatic rings. The number of halogens is 5. The fourth-order valence-electron chi connectivity index (χ4n) is 1.12. The molecule has 0 unspecified atom stereocenters. The highest BCUT2D eigenvalue weighted by Gasteiger charge is 2.36. The van der Waals surface area contributed by atoms with Gasteiger partial charge < -0.3 is 0 Å². The summed E-state index contributed by atoms with van der Waals surface area (Å²) in [5, 5.41) is 10.6. The lowest BCUT2D eigenvalue weighted by Crippen LogP contribution is -2.08. The van der Waals surface area contributed by atoms with E-state index in [1.807, 2.05) is 0 Å². The molecule has 0 N–H and O–H groups in total. The SMILES string of the molecule is O=[N+]([O-])c1cc(C(F)(F)F)cc(Br)c1S(=O)(=O)Cl. The van der Waals surface area contributed by atoms with Gasteiger partial charge in [-0.3, -0.25) is 10.1 Å². The Bertz CT molecular complexity index is 616. The van der Waals surface area contributed by atoms with Crippen molar-refractivity contribution in [3.63, 3.8) is 0 Å². The number of nitrogens with zero attached hydrogens (tertiary/aromatic N) is 1. The zero-order chi connectivity index (χ0) is 14.3. The molecule has 0 radical (unpaired) electrons. The number of nitro groups is 1. The Balaban J connectivity index is 3.73. The first-order valence-corrected chi connectivity index (χ1v) is 7.04. The highest BCUT2D eigenvalue weighted by atomic mass is 79.9. The van der Waals surface area contributed by atoms with Gasteiger partial charge in [-0.15, -0.1) is 0 Å². The third kappa shape index (κ3) is 3.12. The molecule has 0 spiro atoms. The van der Waals surface area contributed by atoms with Crippen LogP contribution in [0.1, 0.15) is 5.56 Å². The monoisotopic (exact) mass is 367 g/mol. The van der Waals surface area contributed by atoms with E-state index in [-0.39, 0.29) is 6.07 Å². The van der Waals surface area contributed by atoms with E-state index < -0.39 is 40.8 Å². The number of benzene rings is 1. The molecule has 0 amide bonds. The number of rotatable bonds is 2. The minimum atomic E-state index is -4.85. The Morgan fingerprint density at radius 2 is 1.83 bits per heavy atom. The predicted molar refractivity (Wildman–Crippen MR) is 58.8 cm³/mol. The van der Waals surface area contributed by atoms with Crippen LogP contribution in [0, 0.1) is 10.1 Å². The van der Waals surface area contributed by atoms with Crippen molar-refractivity contribution in [2.75, 3.05) is 0 Å². The van der Waals surface area contributed by atoms with Crippen LogP contribution in [0.2, 0.25) is 0 Å². The van der Waals surface area contributed by atoms with E-state index in [0.717, 1.165) is 0 Å². The van der Waals surface area contributed by atoms with Gasteiger partial charge in [0, 0.05) is 21.2 Å². The van der Waals surface area contributed by atoms with Crippen molar-refractivity contribution in [2.45, 2.75) is 11.1 Å². The minimum absolute atomic E-state index is 0.111. The zero-order valence-corrected chi connectivity index (χ0v) is 11.2. The lowest BCUT2D eigenvalue weighted by molar-refractivity contribution is -0.388. The van der Waals surface area contributed by atoms with Crippen molar-refractivity contribution in [3.05, 3.63) is 32.3 Å². The molecule has 0 aliphatic heterocycles. The van der Waals surface area contributed by atoms with Crippen molar-refractivity contribution in [1.82, 2.24) is 0 Å². The summed E-state index contributed by atoms with van der Waals surface area (Å²) in [4.78, 5) is 8.33. The van der Waals surface area contributed by atoms with Crippen molar-refractivity contribution in [1.29, 1.82) is 0 Å². The lowest BCUT2D eigenvalue weighted by atomic mass is 10.2. The van der Waals surface area contributed by atoms with Crippen LogP contribution in [-0.4, -0.2) is 13.3 Å². The third-order valence-electron chi connectivity index (χ3n) is 1.79. The topological polar surface area (TPSA) is 77.3 Å². The molecule has 100 valence electrons. The number of hydrogen-bond acceptors (Lipinski definition) is 4. The Hall–Kier alpha value is -0.870. The van der Waals surface area contributed by atoms with Crippen LogP contribution >= 0.6 is 26.6 Å². The zero-order valence-electron chi connectivity index (χ0n) is 8.03. The fraction of sp³-hybridized carbons (Fsp3) is 0.143. The molecule has 0 saturated heterocycles. The van der Waals surface area contributed by atoms with Gasteiger partial charge in [-0.25, -0.2) is 8.42 Å². The van der Waals surface area contributed by atoms with Crippen molar-refractivity contribution >= 4 is 41.4 Å². The summed E-state index contributed by atoms with van der Waals surface area (Å²) < 4.78 is 58.8. The highest BCUT2D eigenvalue weighted by Crippen LogP contribution is 2.40. The molecular weight excluding hydrogens is 366 g/mol. The van der Waals surface area contributed by atoms with E-state index in [2.05, 4.69) is 15.9 Å². The maximum atomic E-state index is 12.4. The normalized spacial score (nSPS) is 12.5. The second-order valence-electron chi connectivity index (χ2n) is 3.00. The molecule has 1 rings (SSSR count). The van der Waals surface area contributed by atoms with E-state index in [1.165, 1.54) is 0 Å². The van der Waals surface area contributed by atoms with Crippen molar-refractivity contribution in [2.24, 2.45) is 0 Å².